The summed E-state index contributed by atoms with van der Waals surface area (Å²) < 4.78 is 0. The van der Waals surface area contributed by atoms with Crippen molar-refractivity contribution < 1.29 is 62.6 Å². The molecule has 15 N–H and O–H groups in total. The predicted octanol–water partition coefficient (Wildman–Crippen LogP) is -3.43. The van der Waals surface area contributed by atoms with E-state index in [1.165, 1.54) is 36.1 Å². The lowest BCUT2D eigenvalue weighted by Gasteiger charge is -2.31. The highest BCUT2D eigenvalue weighted by molar-refractivity contribution is 8.76. The number of rotatable bonds is 18. The van der Waals surface area contributed by atoms with Crippen molar-refractivity contribution in [1.82, 2.24) is 47.4 Å². The number of phenolic OH excluding ortho intramolecular Hbond substituents is 1. The quantitative estimate of drug-likeness (QED) is 0.0637. The second-order valence-corrected chi connectivity index (χ2v) is 20.6. The van der Waals surface area contributed by atoms with Gasteiger partial charge in [-0.25, -0.2) is 0 Å². The van der Waals surface area contributed by atoms with Gasteiger partial charge in [-0.15, -0.1) is 0 Å². The second kappa shape index (κ2) is 29.0. The number of hydrogen-bond donors (Lipinski definition) is 12. The molecule has 27 heteroatoms. The predicted molar refractivity (Wildman–Crippen MR) is 264 cm³/mol. The molecule has 0 aliphatic carbocycles. The van der Waals surface area contributed by atoms with Crippen molar-refractivity contribution in [3.8, 4) is 5.75 Å². The van der Waals surface area contributed by atoms with Crippen LogP contribution in [-0.2, 0) is 64.0 Å². The molecular formula is C45H68N12O13S2. The zero-order chi connectivity index (χ0) is 53.8. The number of amides is 12. The number of primary amides is 3. The van der Waals surface area contributed by atoms with Crippen molar-refractivity contribution in [3.63, 3.8) is 0 Å². The van der Waals surface area contributed by atoms with Crippen LogP contribution in [0.4, 0.5) is 0 Å². The smallest absolute Gasteiger partial charge is 0.246 e. The Hall–Kier alpha value is -6.64. The zero-order valence-corrected chi connectivity index (χ0v) is 42.5. The van der Waals surface area contributed by atoms with Gasteiger partial charge in [-0.3, -0.25) is 57.5 Å². The first kappa shape index (κ1) is 59.7. The molecule has 0 radical (unpaired) electrons. The van der Waals surface area contributed by atoms with E-state index in [1.807, 2.05) is 0 Å². The van der Waals surface area contributed by atoms with Gasteiger partial charge in [0.2, 0.25) is 70.9 Å². The third-order valence-electron chi connectivity index (χ3n) is 11.6. The van der Waals surface area contributed by atoms with E-state index in [1.54, 1.807) is 27.7 Å². The molecule has 2 fully saturated rings. The van der Waals surface area contributed by atoms with Crippen molar-refractivity contribution in [2.24, 2.45) is 29.0 Å². The second-order valence-electron chi connectivity index (χ2n) is 18.0. The molecule has 9 atom stereocenters. The lowest BCUT2D eigenvalue weighted by molar-refractivity contribution is -0.142. The molecule has 0 aromatic heterocycles. The summed E-state index contributed by atoms with van der Waals surface area (Å²) in [7, 11) is 1.95. The summed E-state index contributed by atoms with van der Waals surface area (Å²) in [4.78, 5) is 162. The van der Waals surface area contributed by atoms with Gasteiger partial charge in [0.25, 0.3) is 0 Å². The number of carbonyl (C=O) groups excluding carboxylic acids is 12. The van der Waals surface area contributed by atoms with Gasteiger partial charge >= 0.3 is 0 Å². The fourth-order valence-corrected chi connectivity index (χ4v) is 10.0. The lowest BCUT2D eigenvalue weighted by atomic mass is 9.96. The van der Waals surface area contributed by atoms with Crippen molar-refractivity contribution in [1.29, 1.82) is 0 Å². The summed E-state index contributed by atoms with van der Waals surface area (Å²) in [6, 6.07) is -5.48. The van der Waals surface area contributed by atoms with Crippen LogP contribution in [0.5, 0.6) is 5.75 Å². The van der Waals surface area contributed by atoms with Crippen molar-refractivity contribution in [2.45, 2.75) is 134 Å². The average Bonchev–Trinajstić information content (AvgIpc) is 3.81. The molecule has 2 heterocycles. The van der Waals surface area contributed by atoms with E-state index in [4.69, 9.17) is 17.2 Å². The fourth-order valence-electron chi connectivity index (χ4n) is 7.68. The standard InChI is InChI=1S/C45H68N12O13S2/c1-6-23(4)37-44(69)51-27(13-14-34(46)60)39(64)53-30(18-35(47)61)40(65)55-32(45(70)57-15-7-8-33(57)43(68)54-28(16-22(2)3)38(63)49-19-36(48)62)21-72-71-20-31(50-24(5)58)42(67)52-29(41(66)56-37)17-25-9-11-26(59)12-10-25/h9-12,22-23,27-33,37,59H,6-8,13-21H2,1-5H3,(H2,46,60)(H2,47,61)(H2,48,62)(H,49,63)(H,50,58)(H,51,69)(H,52,67)(H,53,64)(H,54,68)(H,55,65)(H,56,66)/t23-,27-,28-,29-,30-,31-,32-,33-,37-/m0/s1. The molecule has 0 spiro atoms. The SMILES string of the molecule is CC[C@H](C)[C@@H]1NC(=O)[C@H](Cc2ccc(O)cc2)NC(=O)[C@@H](NC(C)=O)CSSC[C@@H](C(=O)N2CCC[C@H]2C(=O)N[C@@H](CC(C)C)C(=O)NCC(N)=O)NC(=O)[C@H](CC(N)=O)NC(=O)[C@H](CCC(N)=O)NC1=O. The Labute approximate surface area is 424 Å². The molecule has 1 aromatic carbocycles. The third-order valence-corrected chi connectivity index (χ3v) is 14.1. The minimum Gasteiger partial charge on any atom is -0.508 e. The third kappa shape index (κ3) is 19.5. The molecule has 72 heavy (non-hydrogen) atoms. The molecule has 2 aliphatic heterocycles. The summed E-state index contributed by atoms with van der Waals surface area (Å²) in [6.07, 6.45) is -0.906. The summed E-state index contributed by atoms with van der Waals surface area (Å²) in [5.74, 6) is -11.5. The van der Waals surface area contributed by atoms with Crippen LogP contribution >= 0.6 is 21.6 Å². The number of nitrogens with zero attached hydrogens (tertiary/aromatic N) is 1. The van der Waals surface area contributed by atoms with Crippen LogP contribution < -0.4 is 59.7 Å². The summed E-state index contributed by atoms with van der Waals surface area (Å²) in [5.41, 5.74) is 16.6. The molecule has 12 amide bonds. The maximum atomic E-state index is 14.6. The van der Waals surface area contributed by atoms with Crippen LogP contribution in [0.3, 0.4) is 0 Å². The fraction of sp³-hybridized carbons (Fsp3) is 0.600. The molecule has 0 bridgehead atoms. The number of carbonyl (C=O) groups is 12. The highest BCUT2D eigenvalue weighted by Gasteiger charge is 2.41. The number of likely N-dealkylation sites (tertiary alicyclic amines) is 1. The van der Waals surface area contributed by atoms with Crippen LogP contribution in [0.1, 0.15) is 85.1 Å². The Kier molecular flexibility index (Phi) is 24.0. The minimum absolute atomic E-state index is 0.0216. The van der Waals surface area contributed by atoms with Gasteiger partial charge in [-0.1, -0.05) is 67.8 Å². The number of nitrogens with one attached hydrogen (secondary N) is 8. The molecule has 398 valence electrons. The number of phenols is 1. The molecule has 3 rings (SSSR count). The van der Waals surface area contributed by atoms with Gasteiger partial charge in [-0.05, 0) is 55.2 Å². The monoisotopic (exact) mass is 1050 g/mol. The van der Waals surface area contributed by atoms with Crippen molar-refractivity contribution >= 4 is 92.5 Å². The normalized spacial score (nSPS) is 23.7. The van der Waals surface area contributed by atoms with E-state index in [0.717, 1.165) is 21.6 Å². The van der Waals surface area contributed by atoms with E-state index >= 15 is 0 Å². The maximum Gasteiger partial charge on any atom is 0.246 e. The highest BCUT2D eigenvalue weighted by Crippen LogP contribution is 2.26. The van der Waals surface area contributed by atoms with Gasteiger partial charge < -0.3 is 69.7 Å². The molecule has 1 aromatic rings. The van der Waals surface area contributed by atoms with E-state index in [9.17, 15) is 62.6 Å². The summed E-state index contributed by atoms with van der Waals surface area (Å²) >= 11 is 0. The van der Waals surface area contributed by atoms with Crippen LogP contribution in [-0.4, -0.2) is 154 Å². The Balaban J connectivity index is 2.12. The van der Waals surface area contributed by atoms with Gasteiger partial charge in [-0.2, -0.15) is 0 Å². The first-order valence-corrected chi connectivity index (χ1v) is 25.9. The van der Waals surface area contributed by atoms with Gasteiger partial charge in [0, 0.05) is 37.8 Å². The van der Waals surface area contributed by atoms with E-state index in [2.05, 4.69) is 42.5 Å². The number of aromatic hydroxyl groups is 1. The van der Waals surface area contributed by atoms with Crippen LogP contribution in [0.2, 0.25) is 0 Å². The van der Waals surface area contributed by atoms with Crippen LogP contribution in [0.15, 0.2) is 24.3 Å². The topological polar surface area (TPSA) is 403 Å². The Morgan fingerprint density at radius 1 is 0.778 bits per heavy atom. The van der Waals surface area contributed by atoms with Gasteiger partial charge in [0.05, 0.1) is 13.0 Å². The van der Waals surface area contributed by atoms with E-state index in [-0.39, 0.29) is 49.0 Å². The van der Waals surface area contributed by atoms with Crippen LogP contribution in [0.25, 0.3) is 0 Å². The van der Waals surface area contributed by atoms with Gasteiger partial charge in [0.1, 0.15) is 54.1 Å². The Morgan fingerprint density at radius 3 is 1.99 bits per heavy atom. The number of hydrogen-bond acceptors (Lipinski definition) is 15. The summed E-state index contributed by atoms with van der Waals surface area (Å²) in [6.45, 7) is 7.68. The highest BCUT2D eigenvalue weighted by atomic mass is 33.1. The van der Waals surface area contributed by atoms with Crippen molar-refractivity contribution in [2.75, 3.05) is 24.6 Å². The summed E-state index contributed by atoms with van der Waals surface area (Å²) in [5, 5.41) is 30.3. The number of nitrogens with two attached hydrogens (primary N) is 3. The zero-order valence-electron chi connectivity index (χ0n) is 40.9. The number of benzene rings is 1. The average molecular weight is 1050 g/mol. The van der Waals surface area contributed by atoms with E-state index in [0.29, 0.717) is 18.4 Å². The lowest BCUT2D eigenvalue weighted by Crippen LogP contribution is -2.62. The largest absolute Gasteiger partial charge is 0.508 e. The first-order valence-electron chi connectivity index (χ1n) is 23.4. The van der Waals surface area contributed by atoms with Crippen molar-refractivity contribution in [3.05, 3.63) is 29.8 Å². The molecule has 2 aliphatic rings. The first-order chi connectivity index (χ1) is 33.9. The molecule has 0 saturated carbocycles. The van der Waals surface area contributed by atoms with Crippen LogP contribution in [0, 0.1) is 11.8 Å². The van der Waals surface area contributed by atoms with E-state index < -0.39 is 151 Å². The molecule has 2 saturated heterocycles. The molecule has 0 unspecified atom stereocenters. The Bertz CT molecular complexity index is 2170. The van der Waals surface area contributed by atoms with Gasteiger partial charge in [0.15, 0.2) is 0 Å². The minimum atomic E-state index is -1.78. The Morgan fingerprint density at radius 2 is 1.39 bits per heavy atom. The molecule has 25 nitrogen and oxygen atoms in total. The molecular weight excluding hydrogens is 981 g/mol. The maximum absolute atomic E-state index is 14.6.